The summed E-state index contributed by atoms with van der Waals surface area (Å²) in [7, 11) is 0. The Hall–Kier alpha value is -3.39. The maximum atomic E-state index is 12.0. The van der Waals surface area contributed by atoms with Crippen LogP contribution in [0, 0.1) is 0 Å². The van der Waals surface area contributed by atoms with E-state index >= 15 is 0 Å². The molecule has 8 nitrogen and oxygen atoms in total. The second kappa shape index (κ2) is 8.32. The molecule has 2 heterocycles. The Morgan fingerprint density at radius 1 is 1.24 bits per heavy atom. The molecule has 0 spiro atoms. The lowest BCUT2D eigenvalue weighted by atomic mass is 10.2. The smallest absolute Gasteiger partial charge is 0.236 e. The number of carbonyl (C=O) groups excluding carboxylic acids is 1. The molecule has 1 aliphatic rings. The first-order valence-electron chi connectivity index (χ1n) is 9.58. The standard InChI is InChI=1S/C21H23N5O3/c22-11-19(28)26-10-2-3-15(26)12-29-18-5-1-4-17-20(18)21(24-13-23-17)25-14-6-8-16(27)9-7-14/h1,4-9,13,15,27H,2-3,10-12,22H2,(H,23,24,25)/t15-/m0/s1. The van der Waals surface area contributed by atoms with E-state index in [4.69, 9.17) is 10.5 Å². The molecule has 0 radical (unpaired) electrons. The van der Waals surface area contributed by atoms with Crippen LogP contribution in [0.5, 0.6) is 11.5 Å². The number of ether oxygens (including phenoxy) is 1. The van der Waals surface area contributed by atoms with Crippen LogP contribution in [0.4, 0.5) is 11.5 Å². The minimum absolute atomic E-state index is 0.0132. The molecular formula is C21H23N5O3. The molecule has 0 aliphatic carbocycles. The highest BCUT2D eigenvalue weighted by molar-refractivity contribution is 5.95. The Kier molecular flexibility index (Phi) is 5.44. The molecule has 1 amide bonds. The Bertz CT molecular complexity index is 1000. The zero-order valence-corrected chi connectivity index (χ0v) is 15.9. The van der Waals surface area contributed by atoms with Crippen molar-refractivity contribution < 1.29 is 14.6 Å². The van der Waals surface area contributed by atoms with E-state index in [-0.39, 0.29) is 24.2 Å². The zero-order valence-electron chi connectivity index (χ0n) is 15.9. The Morgan fingerprint density at radius 2 is 2.07 bits per heavy atom. The second-order valence-corrected chi connectivity index (χ2v) is 6.94. The van der Waals surface area contributed by atoms with Crippen LogP contribution >= 0.6 is 0 Å². The van der Waals surface area contributed by atoms with Crippen molar-refractivity contribution in [2.45, 2.75) is 18.9 Å². The molecule has 1 saturated heterocycles. The predicted octanol–water partition coefficient (Wildman–Crippen LogP) is 2.41. The van der Waals surface area contributed by atoms with E-state index in [9.17, 15) is 9.90 Å². The van der Waals surface area contributed by atoms with Gasteiger partial charge in [0.2, 0.25) is 5.91 Å². The van der Waals surface area contributed by atoms with E-state index in [0.29, 0.717) is 18.2 Å². The lowest BCUT2D eigenvalue weighted by molar-refractivity contribution is -0.130. The number of nitrogens with one attached hydrogen (secondary N) is 1. The minimum Gasteiger partial charge on any atom is -0.508 e. The number of likely N-dealkylation sites (tertiary alicyclic amines) is 1. The van der Waals surface area contributed by atoms with Crippen molar-refractivity contribution in [1.82, 2.24) is 14.9 Å². The van der Waals surface area contributed by atoms with Crippen molar-refractivity contribution in [3.05, 3.63) is 48.8 Å². The van der Waals surface area contributed by atoms with Crippen molar-refractivity contribution in [2.75, 3.05) is 25.0 Å². The number of rotatable bonds is 6. The van der Waals surface area contributed by atoms with Gasteiger partial charge in [0.05, 0.1) is 23.5 Å². The van der Waals surface area contributed by atoms with Crippen LogP contribution in [0.2, 0.25) is 0 Å². The van der Waals surface area contributed by atoms with Gasteiger partial charge in [-0.1, -0.05) is 6.07 Å². The first-order chi connectivity index (χ1) is 14.2. The van der Waals surface area contributed by atoms with Crippen molar-refractivity contribution >= 4 is 28.3 Å². The highest BCUT2D eigenvalue weighted by Crippen LogP contribution is 2.32. The Balaban J connectivity index is 1.59. The maximum Gasteiger partial charge on any atom is 0.236 e. The van der Waals surface area contributed by atoms with Crippen LogP contribution in [0.1, 0.15) is 12.8 Å². The van der Waals surface area contributed by atoms with Crippen LogP contribution in [-0.4, -0.2) is 51.6 Å². The lowest BCUT2D eigenvalue weighted by Crippen LogP contribution is -2.42. The van der Waals surface area contributed by atoms with Gasteiger partial charge in [-0.2, -0.15) is 0 Å². The lowest BCUT2D eigenvalue weighted by Gasteiger charge is -2.24. The average molecular weight is 393 g/mol. The molecular weight excluding hydrogens is 370 g/mol. The normalized spacial score (nSPS) is 16.2. The van der Waals surface area contributed by atoms with Gasteiger partial charge in [0.1, 0.15) is 30.3 Å². The summed E-state index contributed by atoms with van der Waals surface area (Å²) in [4.78, 5) is 22.5. The third kappa shape index (κ3) is 4.07. The summed E-state index contributed by atoms with van der Waals surface area (Å²) in [6.07, 6.45) is 3.34. The molecule has 29 heavy (non-hydrogen) atoms. The number of aromatic hydroxyl groups is 1. The van der Waals surface area contributed by atoms with Gasteiger partial charge in [-0.3, -0.25) is 4.79 Å². The van der Waals surface area contributed by atoms with Gasteiger partial charge in [0.15, 0.2) is 0 Å². The summed E-state index contributed by atoms with van der Waals surface area (Å²) in [6.45, 7) is 1.12. The van der Waals surface area contributed by atoms with Gasteiger partial charge in [-0.15, -0.1) is 0 Å². The maximum absolute atomic E-state index is 12.0. The van der Waals surface area contributed by atoms with Crippen molar-refractivity contribution in [2.24, 2.45) is 5.73 Å². The van der Waals surface area contributed by atoms with E-state index in [1.165, 1.54) is 6.33 Å². The zero-order chi connectivity index (χ0) is 20.2. The van der Waals surface area contributed by atoms with E-state index in [1.54, 1.807) is 29.2 Å². The van der Waals surface area contributed by atoms with Crippen LogP contribution < -0.4 is 15.8 Å². The number of aromatic nitrogens is 2. The topological polar surface area (TPSA) is 114 Å². The van der Waals surface area contributed by atoms with Gasteiger partial charge >= 0.3 is 0 Å². The molecule has 0 saturated carbocycles. The number of hydrogen-bond donors (Lipinski definition) is 3. The summed E-state index contributed by atoms with van der Waals surface area (Å²) in [5, 5.41) is 13.5. The summed E-state index contributed by atoms with van der Waals surface area (Å²) in [6, 6.07) is 12.4. The van der Waals surface area contributed by atoms with Gasteiger partial charge in [0, 0.05) is 12.2 Å². The molecule has 1 aliphatic heterocycles. The fraction of sp³-hybridized carbons (Fsp3) is 0.286. The second-order valence-electron chi connectivity index (χ2n) is 6.94. The number of nitrogens with two attached hydrogens (primary N) is 1. The van der Waals surface area contributed by atoms with Gasteiger partial charge in [-0.25, -0.2) is 9.97 Å². The Morgan fingerprint density at radius 3 is 2.86 bits per heavy atom. The number of nitrogens with zero attached hydrogens (tertiary/aromatic N) is 3. The first-order valence-corrected chi connectivity index (χ1v) is 9.58. The van der Waals surface area contributed by atoms with Crippen LogP contribution in [0.25, 0.3) is 10.9 Å². The molecule has 1 atom stereocenters. The number of hydrogen-bond acceptors (Lipinski definition) is 7. The van der Waals surface area contributed by atoms with Crippen molar-refractivity contribution in [1.29, 1.82) is 0 Å². The quantitative estimate of drug-likeness (QED) is 0.551. The minimum atomic E-state index is -0.0490. The van der Waals surface area contributed by atoms with Crippen molar-refractivity contribution in [3.63, 3.8) is 0 Å². The molecule has 4 rings (SSSR count). The summed E-state index contributed by atoms with van der Waals surface area (Å²) in [5.74, 6) is 1.40. The van der Waals surface area contributed by atoms with Crippen LogP contribution in [0.15, 0.2) is 48.8 Å². The molecule has 4 N–H and O–H groups in total. The molecule has 1 fully saturated rings. The fourth-order valence-electron chi connectivity index (χ4n) is 3.62. The summed E-state index contributed by atoms with van der Waals surface area (Å²) in [5.41, 5.74) is 7.06. The molecule has 3 aromatic rings. The first kappa shape index (κ1) is 18.9. The number of phenolic OH excluding ortho intramolecular Hbond substituents is 1. The van der Waals surface area contributed by atoms with Crippen molar-refractivity contribution in [3.8, 4) is 11.5 Å². The summed E-state index contributed by atoms with van der Waals surface area (Å²) < 4.78 is 6.13. The van der Waals surface area contributed by atoms with Crippen LogP contribution in [0.3, 0.4) is 0 Å². The number of carbonyl (C=O) groups is 1. The van der Waals surface area contributed by atoms with E-state index in [0.717, 1.165) is 36.0 Å². The summed E-state index contributed by atoms with van der Waals surface area (Å²) >= 11 is 0. The number of phenols is 1. The third-order valence-electron chi connectivity index (χ3n) is 5.06. The Labute approximate surface area is 168 Å². The number of benzene rings is 2. The molecule has 1 aromatic heterocycles. The average Bonchev–Trinajstić information content (AvgIpc) is 3.22. The number of amides is 1. The van der Waals surface area contributed by atoms with Gasteiger partial charge < -0.3 is 25.8 Å². The predicted molar refractivity (Wildman–Crippen MR) is 110 cm³/mol. The molecule has 2 aromatic carbocycles. The highest BCUT2D eigenvalue weighted by atomic mass is 16.5. The van der Waals surface area contributed by atoms with E-state index < -0.39 is 0 Å². The molecule has 0 unspecified atom stereocenters. The molecule has 0 bridgehead atoms. The number of fused-ring (bicyclic) bond motifs is 1. The molecule has 8 heteroatoms. The van der Waals surface area contributed by atoms with Gasteiger partial charge in [0.25, 0.3) is 0 Å². The van der Waals surface area contributed by atoms with Crippen LogP contribution in [-0.2, 0) is 4.79 Å². The van der Waals surface area contributed by atoms with E-state index in [2.05, 4.69) is 15.3 Å². The number of anilines is 2. The molecule has 150 valence electrons. The monoisotopic (exact) mass is 393 g/mol. The fourth-order valence-corrected chi connectivity index (χ4v) is 3.62. The SMILES string of the molecule is NCC(=O)N1CCC[C@H]1COc1cccc2ncnc(Nc3ccc(O)cc3)c12. The van der Waals surface area contributed by atoms with Gasteiger partial charge in [-0.05, 0) is 49.2 Å². The highest BCUT2D eigenvalue weighted by Gasteiger charge is 2.28. The van der Waals surface area contributed by atoms with E-state index in [1.807, 2.05) is 18.2 Å². The largest absolute Gasteiger partial charge is 0.508 e. The third-order valence-corrected chi connectivity index (χ3v) is 5.06.